The molecule has 0 aliphatic rings. The molecule has 32 heavy (non-hydrogen) atoms. The fourth-order valence-electron chi connectivity index (χ4n) is 4.47. The Morgan fingerprint density at radius 3 is 2.50 bits per heavy atom. The summed E-state index contributed by atoms with van der Waals surface area (Å²) in [5.74, 6) is 0.721. The molecule has 0 saturated carbocycles. The predicted molar refractivity (Wildman–Crippen MR) is 129 cm³/mol. The zero-order valence-electron chi connectivity index (χ0n) is 18.2. The molecule has 0 N–H and O–H groups in total. The van der Waals surface area contributed by atoms with Gasteiger partial charge in [-0.3, -0.25) is 0 Å². The molecule has 0 saturated heterocycles. The molecule has 0 fully saturated rings. The normalized spacial score (nSPS) is 12.2. The van der Waals surface area contributed by atoms with E-state index in [1.165, 1.54) is 16.3 Å². The maximum absolute atomic E-state index is 6.17. The monoisotopic (exact) mass is 418 g/mol. The van der Waals surface area contributed by atoms with Gasteiger partial charge in [-0.15, -0.1) is 0 Å². The number of fused-ring (bicyclic) bond motifs is 3. The summed E-state index contributed by atoms with van der Waals surface area (Å²) in [5.41, 5.74) is 5.50. The fraction of sp³-hybridized carbons (Fsp3) is 0.143. The van der Waals surface area contributed by atoms with Crippen molar-refractivity contribution in [3.05, 3.63) is 84.9 Å². The molecule has 156 valence electrons. The lowest BCUT2D eigenvalue weighted by Crippen LogP contribution is -2.12. The molecule has 0 aliphatic carbocycles. The van der Waals surface area contributed by atoms with Gasteiger partial charge in [-0.2, -0.15) is 0 Å². The summed E-state index contributed by atoms with van der Waals surface area (Å²) in [5, 5.41) is 4.40. The zero-order chi connectivity index (χ0) is 21.9. The highest BCUT2D eigenvalue weighted by Crippen LogP contribution is 2.38. The van der Waals surface area contributed by atoms with E-state index in [0.29, 0.717) is 5.71 Å². The molecule has 0 spiro atoms. The predicted octanol–water partition coefficient (Wildman–Crippen LogP) is 7.75. The van der Waals surface area contributed by atoms with E-state index in [0.717, 1.165) is 38.9 Å². The number of rotatable bonds is 2. The minimum absolute atomic E-state index is 0.00174. The largest absolute Gasteiger partial charge is 0.464 e. The highest BCUT2D eigenvalue weighted by Gasteiger charge is 2.21. The number of aromatic nitrogens is 2. The molecular formula is C28H22N2O2. The van der Waals surface area contributed by atoms with Crippen molar-refractivity contribution in [2.24, 2.45) is 0 Å². The molecule has 3 aromatic carbocycles. The number of benzene rings is 3. The van der Waals surface area contributed by atoms with Crippen LogP contribution in [0.2, 0.25) is 0 Å². The lowest BCUT2D eigenvalue weighted by Gasteiger charge is -2.22. The highest BCUT2D eigenvalue weighted by molar-refractivity contribution is 5.99. The first-order valence-corrected chi connectivity index (χ1v) is 10.7. The van der Waals surface area contributed by atoms with Gasteiger partial charge in [0.05, 0.1) is 22.9 Å². The summed E-state index contributed by atoms with van der Waals surface area (Å²) in [6.45, 7) is 6.73. The highest BCUT2D eigenvalue weighted by atomic mass is 16.4. The lowest BCUT2D eigenvalue weighted by atomic mass is 9.82. The van der Waals surface area contributed by atoms with Gasteiger partial charge in [0.15, 0.2) is 0 Å². The van der Waals surface area contributed by atoms with Crippen molar-refractivity contribution in [3.8, 4) is 22.6 Å². The molecule has 3 heterocycles. The fourth-order valence-corrected chi connectivity index (χ4v) is 4.47. The van der Waals surface area contributed by atoms with Crippen LogP contribution in [0, 0.1) is 0 Å². The Hall–Kier alpha value is -3.92. The SMILES string of the molecule is CC(C)(C)c1cc(-c2ncnc3oc(-c4cccc5ccoc45)cc23)cc2ccccc12. The molecule has 0 unspecified atom stereocenters. The number of para-hydroxylation sites is 1. The van der Waals surface area contributed by atoms with Gasteiger partial charge in [0, 0.05) is 10.9 Å². The van der Waals surface area contributed by atoms with Crippen molar-refractivity contribution in [1.29, 1.82) is 0 Å². The second kappa shape index (κ2) is 6.79. The summed E-state index contributed by atoms with van der Waals surface area (Å²) in [4.78, 5) is 9.08. The summed E-state index contributed by atoms with van der Waals surface area (Å²) in [7, 11) is 0. The zero-order valence-corrected chi connectivity index (χ0v) is 18.2. The summed E-state index contributed by atoms with van der Waals surface area (Å²) in [6.07, 6.45) is 3.27. The lowest BCUT2D eigenvalue weighted by molar-refractivity contribution is 0.596. The van der Waals surface area contributed by atoms with E-state index < -0.39 is 0 Å². The number of furan rings is 2. The second-order valence-electron chi connectivity index (χ2n) is 9.19. The minimum Gasteiger partial charge on any atom is -0.464 e. The second-order valence-corrected chi connectivity index (χ2v) is 9.19. The first kappa shape index (κ1) is 18.8. The van der Waals surface area contributed by atoms with Crippen LogP contribution in [-0.4, -0.2) is 9.97 Å². The van der Waals surface area contributed by atoms with Crippen LogP contribution in [0.3, 0.4) is 0 Å². The topological polar surface area (TPSA) is 52.1 Å². The molecule has 0 bridgehead atoms. The average molecular weight is 418 g/mol. The van der Waals surface area contributed by atoms with E-state index in [4.69, 9.17) is 8.83 Å². The summed E-state index contributed by atoms with van der Waals surface area (Å²) >= 11 is 0. The maximum atomic E-state index is 6.17. The van der Waals surface area contributed by atoms with Crippen LogP contribution in [0.5, 0.6) is 0 Å². The molecule has 0 radical (unpaired) electrons. The molecule has 0 atom stereocenters. The Morgan fingerprint density at radius 1 is 0.781 bits per heavy atom. The van der Waals surface area contributed by atoms with E-state index in [1.54, 1.807) is 12.6 Å². The van der Waals surface area contributed by atoms with Crippen molar-refractivity contribution in [2.75, 3.05) is 0 Å². The summed E-state index contributed by atoms with van der Waals surface area (Å²) < 4.78 is 11.9. The number of hydrogen-bond acceptors (Lipinski definition) is 4. The summed E-state index contributed by atoms with van der Waals surface area (Å²) in [6, 6.07) is 23.0. The molecule has 6 aromatic rings. The van der Waals surface area contributed by atoms with Crippen LogP contribution in [0.15, 0.2) is 88.2 Å². The van der Waals surface area contributed by atoms with Crippen LogP contribution >= 0.6 is 0 Å². The Bertz CT molecular complexity index is 1620. The van der Waals surface area contributed by atoms with Gasteiger partial charge in [0.2, 0.25) is 5.71 Å². The van der Waals surface area contributed by atoms with E-state index in [2.05, 4.69) is 67.1 Å². The van der Waals surface area contributed by atoms with E-state index in [1.807, 2.05) is 30.3 Å². The third-order valence-corrected chi connectivity index (χ3v) is 6.02. The van der Waals surface area contributed by atoms with Crippen LogP contribution < -0.4 is 0 Å². The van der Waals surface area contributed by atoms with Crippen molar-refractivity contribution >= 4 is 32.8 Å². The van der Waals surface area contributed by atoms with Crippen LogP contribution in [0.1, 0.15) is 26.3 Å². The van der Waals surface area contributed by atoms with Gasteiger partial charge in [-0.25, -0.2) is 9.97 Å². The van der Waals surface area contributed by atoms with Gasteiger partial charge in [-0.1, -0.05) is 57.2 Å². The molecule has 4 nitrogen and oxygen atoms in total. The Labute approximate surface area is 185 Å². The van der Waals surface area contributed by atoms with Crippen LogP contribution in [-0.2, 0) is 5.41 Å². The third kappa shape index (κ3) is 2.91. The Kier molecular flexibility index (Phi) is 3.99. The quantitative estimate of drug-likeness (QED) is 0.288. The maximum Gasteiger partial charge on any atom is 0.230 e. The van der Waals surface area contributed by atoms with Gasteiger partial charge in [0.1, 0.15) is 17.7 Å². The van der Waals surface area contributed by atoms with E-state index >= 15 is 0 Å². The number of hydrogen-bond donors (Lipinski definition) is 0. The van der Waals surface area contributed by atoms with Crippen LogP contribution in [0.4, 0.5) is 0 Å². The van der Waals surface area contributed by atoms with E-state index in [9.17, 15) is 0 Å². The average Bonchev–Trinajstić information content (AvgIpc) is 3.44. The standard InChI is InChI=1S/C28H22N2O2/c1-28(2,3)23-14-19(13-18-7-4-5-9-20(18)23)25-22-15-24(32-27(22)30-16-29-25)21-10-6-8-17-11-12-31-26(17)21/h4-16H,1-3H3. The first-order chi connectivity index (χ1) is 15.5. The Balaban J connectivity index is 1.60. The first-order valence-electron chi connectivity index (χ1n) is 10.7. The van der Waals surface area contributed by atoms with Crippen LogP contribution in [0.25, 0.3) is 55.4 Å². The van der Waals surface area contributed by atoms with Gasteiger partial charge in [-0.05, 0) is 52.1 Å². The van der Waals surface area contributed by atoms with Crippen molar-refractivity contribution in [1.82, 2.24) is 9.97 Å². The van der Waals surface area contributed by atoms with E-state index in [-0.39, 0.29) is 5.41 Å². The minimum atomic E-state index is -0.00174. The molecular weight excluding hydrogens is 396 g/mol. The smallest absolute Gasteiger partial charge is 0.230 e. The van der Waals surface area contributed by atoms with Gasteiger partial charge in [0.25, 0.3) is 0 Å². The van der Waals surface area contributed by atoms with Gasteiger partial charge < -0.3 is 8.83 Å². The third-order valence-electron chi connectivity index (χ3n) is 6.02. The Morgan fingerprint density at radius 2 is 1.62 bits per heavy atom. The molecule has 3 aromatic heterocycles. The molecule has 0 aliphatic heterocycles. The molecule has 4 heteroatoms. The van der Waals surface area contributed by atoms with Gasteiger partial charge >= 0.3 is 0 Å². The van der Waals surface area contributed by atoms with Crippen molar-refractivity contribution in [3.63, 3.8) is 0 Å². The molecule has 0 amide bonds. The van der Waals surface area contributed by atoms with Crippen molar-refractivity contribution in [2.45, 2.75) is 26.2 Å². The number of nitrogens with zero attached hydrogens (tertiary/aromatic N) is 2. The molecule has 6 rings (SSSR count). The van der Waals surface area contributed by atoms with Crippen molar-refractivity contribution < 1.29 is 8.83 Å².